The van der Waals surface area contributed by atoms with Crippen LogP contribution >= 0.6 is 11.5 Å². The maximum absolute atomic E-state index is 11.2. The van der Waals surface area contributed by atoms with Crippen molar-refractivity contribution in [1.82, 2.24) is 9.36 Å². The topological polar surface area (TPSA) is 80.9 Å². The van der Waals surface area contributed by atoms with Crippen LogP contribution in [0.4, 0.5) is 10.7 Å². The average Bonchev–Trinajstić information content (AvgIpc) is 2.63. The molecular weight excluding hydrogens is 236 g/mol. The average molecular weight is 248 g/mol. The summed E-state index contributed by atoms with van der Waals surface area (Å²) in [6, 6.07) is 3.74. The zero-order chi connectivity index (χ0) is 12.4. The van der Waals surface area contributed by atoms with Gasteiger partial charge in [-0.15, -0.1) is 0 Å². The van der Waals surface area contributed by atoms with Gasteiger partial charge in [-0.05, 0) is 43.1 Å². The van der Waals surface area contributed by atoms with E-state index in [9.17, 15) is 4.79 Å². The minimum Gasteiger partial charge on any atom is -0.364 e. The van der Waals surface area contributed by atoms with Gasteiger partial charge in [0.05, 0.1) is 11.4 Å². The minimum atomic E-state index is -0.547. The standard InChI is InChI=1S/C11H12N4OS/c1-6-3-8(10(11(12)16)13-5-6)14-9-4-7(2)15-17-9/h3-5,14H,1-2H3,(H2,12,16). The monoisotopic (exact) mass is 248 g/mol. The van der Waals surface area contributed by atoms with E-state index in [1.54, 1.807) is 6.20 Å². The van der Waals surface area contributed by atoms with Crippen molar-refractivity contribution in [2.45, 2.75) is 13.8 Å². The molecule has 6 heteroatoms. The number of primary amides is 1. The summed E-state index contributed by atoms with van der Waals surface area (Å²) >= 11 is 1.33. The van der Waals surface area contributed by atoms with E-state index in [1.807, 2.05) is 26.0 Å². The summed E-state index contributed by atoms with van der Waals surface area (Å²) in [5.74, 6) is -0.547. The molecular formula is C11H12N4OS. The van der Waals surface area contributed by atoms with Crippen LogP contribution in [0.15, 0.2) is 18.3 Å². The van der Waals surface area contributed by atoms with Crippen molar-refractivity contribution in [3.05, 3.63) is 35.3 Å². The van der Waals surface area contributed by atoms with Crippen LogP contribution in [0.25, 0.3) is 0 Å². The summed E-state index contributed by atoms with van der Waals surface area (Å²) < 4.78 is 4.15. The van der Waals surface area contributed by atoms with Crippen LogP contribution < -0.4 is 11.1 Å². The van der Waals surface area contributed by atoms with Crippen LogP contribution in [0.5, 0.6) is 0 Å². The molecule has 0 fully saturated rings. The molecule has 3 N–H and O–H groups in total. The Morgan fingerprint density at radius 2 is 2.18 bits per heavy atom. The molecule has 0 bridgehead atoms. The number of hydrogen-bond donors (Lipinski definition) is 2. The number of anilines is 2. The van der Waals surface area contributed by atoms with Crippen molar-refractivity contribution >= 4 is 28.1 Å². The summed E-state index contributed by atoms with van der Waals surface area (Å²) in [4.78, 5) is 15.3. The Kier molecular flexibility index (Phi) is 3.06. The normalized spacial score (nSPS) is 10.2. The van der Waals surface area contributed by atoms with Gasteiger partial charge < -0.3 is 11.1 Å². The van der Waals surface area contributed by atoms with Crippen LogP contribution in [0.2, 0.25) is 0 Å². The first-order valence-electron chi connectivity index (χ1n) is 5.03. The van der Waals surface area contributed by atoms with E-state index in [-0.39, 0.29) is 5.69 Å². The molecule has 0 unspecified atom stereocenters. The fourth-order valence-electron chi connectivity index (χ4n) is 1.42. The summed E-state index contributed by atoms with van der Waals surface area (Å²) in [5.41, 5.74) is 8.01. The highest BCUT2D eigenvalue weighted by Gasteiger charge is 2.11. The van der Waals surface area contributed by atoms with Gasteiger partial charge in [0, 0.05) is 6.20 Å². The Balaban J connectivity index is 2.37. The summed E-state index contributed by atoms with van der Waals surface area (Å²) in [7, 11) is 0. The van der Waals surface area contributed by atoms with Crippen molar-refractivity contribution in [3.63, 3.8) is 0 Å². The molecule has 0 radical (unpaired) electrons. The second-order valence-corrected chi connectivity index (χ2v) is 4.54. The Morgan fingerprint density at radius 1 is 1.41 bits per heavy atom. The number of amides is 1. The maximum Gasteiger partial charge on any atom is 0.269 e. The van der Waals surface area contributed by atoms with E-state index in [4.69, 9.17) is 5.73 Å². The predicted octanol–water partition coefficient (Wildman–Crippen LogP) is 2.00. The SMILES string of the molecule is Cc1cnc(C(N)=O)c(Nc2cc(C)ns2)c1. The number of nitrogens with two attached hydrogens (primary N) is 1. The van der Waals surface area contributed by atoms with Crippen molar-refractivity contribution in [2.24, 2.45) is 5.73 Å². The fraction of sp³-hybridized carbons (Fsp3) is 0.182. The highest BCUT2D eigenvalue weighted by atomic mass is 32.1. The van der Waals surface area contributed by atoms with Gasteiger partial charge in [0.25, 0.3) is 5.91 Å². The third-order valence-electron chi connectivity index (χ3n) is 2.14. The number of pyridine rings is 1. The first kappa shape index (κ1) is 11.5. The molecule has 0 aliphatic rings. The molecule has 0 atom stereocenters. The molecule has 0 saturated heterocycles. The van der Waals surface area contributed by atoms with Crippen molar-refractivity contribution in [2.75, 3.05) is 5.32 Å². The molecule has 1 amide bonds. The summed E-state index contributed by atoms with van der Waals surface area (Å²) in [6.07, 6.45) is 1.61. The Labute approximate surface area is 103 Å². The number of aryl methyl sites for hydroxylation is 2. The highest BCUT2D eigenvalue weighted by Crippen LogP contribution is 2.24. The lowest BCUT2D eigenvalue weighted by Crippen LogP contribution is -2.15. The quantitative estimate of drug-likeness (QED) is 0.870. The lowest BCUT2D eigenvalue weighted by molar-refractivity contribution is 0.0996. The molecule has 2 rings (SSSR count). The zero-order valence-electron chi connectivity index (χ0n) is 9.52. The number of rotatable bonds is 3. The van der Waals surface area contributed by atoms with Gasteiger partial charge in [-0.25, -0.2) is 4.98 Å². The number of nitrogens with one attached hydrogen (secondary N) is 1. The van der Waals surface area contributed by atoms with Gasteiger partial charge >= 0.3 is 0 Å². The molecule has 0 aliphatic heterocycles. The van der Waals surface area contributed by atoms with Crippen LogP contribution in [-0.2, 0) is 0 Å². The third kappa shape index (κ3) is 2.59. The molecule has 0 aromatic carbocycles. The second kappa shape index (κ2) is 4.50. The van der Waals surface area contributed by atoms with Crippen LogP contribution in [0.3, 0.4) is 0 Å². The van der Waals surface area contributed by atoms with Gasteiger partial charge in [0.1, 0.15) is 5.00 Å². The van der Waals surface area contributed by atoms with Crippen LogP contribution in [0, 0.1) is 13.8 Å². The second-order valence-electron chi connectivity index (χ2n) is 3.73. The van der Waals surface area contributed by atoms with Gasteiger partial charge in [-0.3, -0.25) is 4.79 Å². The zero-order valence-corrected chi connectivity index (χ0v) is 10.3. The largest absolute Gasteiger partial charge is 0.364 e. The Bertz CT molecular complexity index is 564. The molecule has 0 aliphatic carbocycles. The minimum absolute atomic E-state index is 0.238. The molecule has 5 nitrogen and oxygen atoms in total. The van der Waals surface area contributed by atoms with E-state index < -0.39 is 5.91 Å². The van der Waals surface area contributed by atoms with Crippen molar-refractivity contribution in [3.8, 4) is 0 Å². The fourth-order valence-corrected chi connectivity index (χ4v) is 2.09. The van der Waals surface area contributed by atoms with Crippen LogP contribution in [0.1, 0.15) is 21.7 Å². The first-order valence-corrected chi connectivity index (χ1v) is 5.80. The molecule has 2 aromatic rings. The number of carbonyl (C=O) groups excluding carboxylic acids is 1. The molecule has 17 heavy (non-hydrogen) atoms. The summed E-state index contributed by atoms with van der Waals surface area (Å²) in [5, 5.41) is 3.97. The number of aromatic nitrogens is 2. The number of carbonyl (C=O) groups is 1. The first-order chi connectivity index (χ1) is 8.06. The molecule has 0 spiro atoms. The van der Waals surface area contributed by atoms with Crippen molar-refractivity contribution in [1.29, 1.82) is 0 Å². The Hall–Kier alpha value is -1.95. The molecule has 0 saturated carbocycles. The van der Waals surface area contributed by atoms with Crippen molar-refractivity contribution < 1.29 is 4.79 Å². The molecule has 2 aromatic heterocycles. The smallest absolute Gasteiger partial charge is 0.269 e. The van der Waals surface area contributed by atoms with E-state index in [1.165, 1.54) is 11.5 Å². The lowest BCUT2D eigenvalue weighted by Gasteiger charge is -2.07. The van der Waals surface area contributed by atoms with Gasteiger partial charge in [0.15, 0.2) is 5.69 Å². The molecule has 2 heterocycles. The van der Waals surface area contributed by atoms with Gasteiger partial charge in [-0.1, -0.05) is 0 Å². The van der Waals surface area contributed by atoms with E-state index in [0.717, 1.165) is 16.3 Å². The van der Waals surface area contributed by atoms with E-state index in [0.29, 0.717) is 5.69 Å². The van der Waals surface area contributed by atoms with E-state index >= 15 is 0 Å². The Morgan fingerprint density at radius 3 is 2.76 bits per heavy atom. The van der Waals surface area contributed by atoms with Gasteiger partial charge in [-0.2, -0.15) is 4.37 Å². The predicted molar refractivity (Wildman–Crippen MR) is 67.6 cm³/mol. The number of nitrogens with zero attached hydrogens (tertiary/aromatic N) is 2. The summed E-state index contributed by atoms with van der Waals surface area (Å²) in [6.45, 7) is 3.81. The van der Waals surface area contributed by atoms with Gasteiger partial charge in [0.2, 0.25) is 0 Å². The van der Waals surface area contributed by atoms with E-state index in [2.05, 4.69) is 14.7 Å². The number of hydrogen-bond acceptors (Lipinski definition) is 5. The molecule has 88 valence electrons. The van der Waals surface area contributed by atoms with Crippen LogP contribution in [-0.4, -0.2) is 15.3 Å². The third-order valence-corrected chi connectivity index (χ3v) is 2.94. The lowest BCUT2D eigenvalue weighted by atomic mass is 10.2. The maximum atomic E-state index is 11.2. The highest BCUT2D eigenvalue weighted by molar-refractivity contribution is 7.10.